The molecule has 1 atom stereocenters. The van der Waals surface area contributed by atoms with Gasteiger partial charge in [-0.05, 0) is 31.4 Å². The second-order valence-electron chi connectivity index (χ2n) is 4.78. The predicted octanol–water partition coefficient (Wildman–Crippen LogP) is 1.93. The molecule has 1 aromatic carbocycles. The van der Waals surface area contributed by atoms with Crippen LogP contribution in [0.15, 0.2) is 28.7 Å². The summed E-state index contributed by atoms with van der Waals surface area (Å²) in [6, 6.07) is 8.04. The van der Waals surface area contributed by atoms with Crippen molar-refractivity contribution in [1.82, 2.24) is 10.3 Å². The minimum atomic E-state index is -0.174. The van der Waals surface area contributed by atoms with E-state index in [1.165, 1.54) is 0 Å². The number of hydrogen-bond donors (Lipinski definition) is 1. The van der Waals surface area contributed by atoms with Crippen molar-refractivity contribution in [2.45, 2.75) is 25.3 Å². The van der Waals surface area contributed by atoms with Gasteiger partial charge in [0.2, 0.25) is 5.91 Å². The zero-order chi connectivity index (χ0) is 13.2. The van der Waals surface area contributed by atoms with Gasteiger partial charge in [0.1, 0.15) is 11.6 Å². The lowest BCUT2D eigenvalue weighted by molar-refractivity contribution is -0.122. The quantitative estimate of drug-likeness (QED) is 0.895. The molecule has 0 bridgehead atoms. The van der Waals surface area contributed by atoms with E-state index in [1.54, 1.807) is 7.05 Å². The largest absolute Gasteiger partial charge is 0.423 e. The summed E-state index contributed by atoms with van der Waals surface area (Å²) >= 11 is 0. The number of para-hydroxylation sites is 2. The Bertz CT molecular complexity index is 560. The van der Waals surface area contributed by atoms with E-state index in [0.717, 1.165) is 36.9 Å². The van der Waals surface area contributed by atoms with Crippen LogP contribution in [0.25, 0.3) is 11.1 Å². The fraction of sp³-hybridized carbons (Fsp3) is 0.429. The molecule has 0 saturated carbocycles. The highest BCUT2D eigenvalue weighted by atomic mass is 16.4. The summed E-state index contributed by atoms with van der Waals surface area (Å²) in [5.41, 5.74) is 1.59. The van der Waals surface area contributed by atoms with Crippen LogP contribution in [0.1, 0.15) is 19.3 Å². The molecule has 2 aromatic rings. The predicted molar refractivity (Wildman–Crippen MR) is 73.1 cm³/mol. The molecule has 0 radical (unpaired) electrons. The van der Waals surface area contributed by atoms with Crippen molar-refractivity contribution in [3.8, 4) is 0 Å². The molecular weight excluding hydrogens is 242 g/mol. The van der Waals surface area contributed by atoms with Gasteiger partial charge in [0.05, 0.1) is 0 Å². The summed E-state index contributed by atoms with van der Waals surface area (Å²) in [6.07, 6.45) is 2.97. The monoisotopic (exact) mass is 259 g/mol. The Labute approximate surface area is 111 Å². The minimum absolute atomic E-state index is 0.0296. The van der Waals surface area contributed by atoms with Gasteiger partial charge in [0.15, 0.2) is 5.58 Å². The molecule has 2 heterocycles. The maximum absolute atomic E-state index is 11.9. The Hall–Kier alpha value is -2.04. The molecule has 1 saturated heterocycles. The Morgan fingerprint density at radius 3 is 3.05 bits per heavy atom. The number of fused-ring (bicyclic) bond motifs is 1. The zero-order valence-corrected chi connectivity index (χ0v) is 10.9. The lowest BCUT2D eigenvalue weighted by Crippen LogP contribution is -2.49. The van der Waals surface area contributed by atoms with Gasteiger partial charge >= 0.3 is 0 Å². The van der Waals surface area contributed by atoms with Crippen LogP contribution >= 0.6 is 0 Å². The Kier molecular flexibility index (Phi) is 3.11. The molecule has 5 nitrogen and oxygen atoms in total. The molecule has 19 heavy (non-hydrogen) atoms. The van der Waals surface area contributed by atoms with Crippen molar-refractivity contribution >= 4 is 23.0 Å². The zero-order valence-electron chi connectivity index (χ0n) is 10.9. The maximum Gasteiger partial charge on any atom is 0.299 e. The van der Waals surface area contributed by atoms with E-state index in [-0.39, 0.29) is 11.9 Å². The van der Waals surface area contributed by atoms with Crippen molar-refractivity contribution in [3.63, 3.8) is 0 Å². The van der Waals surface area contributed by atoms with Crippen LogP contribution < -0.4 is 10.2 Å². The van der Waals surface area contributed by atoms with Crippen molar-refractivity contribution < 1.29 is 9.21 Å². The fourth-order valence-electron chi connectivity index (χ4n) is 2.58. The Morgan fingerprint density at radius 2 is 2.26 bits per heavy atom. The number of aromatic nitrogens is 1. The molecule has 1 unspecified atom stereocenters. The first-order valence-electron chi connectivity index (χ1n) is 6.63. The molecule has 1 aromatic heterocycles. The molecule has 0 aliphatic carbocycles. The molecule has 1 amide bonds. The Balaban J connectivity index is 1.95. The summed E-state index contributed by atoms with van der Waals surface area (Å²) in [6.45, 7) is 0.810. The summed E-state index contributed by atoms with van der Waals surface area (Å²) in [5.74, 6) is 0.0296. The smallest absolute Gasteiger partial charge is 0.299 e. The number of rotatable bonds is 2. The van der Waals surface area contributed by atoms with Crippen LogP contribution in [-0.4, -0.2) is 30.5 Å². The highest BCUT2D eigenvalue weighted by Gasteiger charge is 2.31. The first-order chi connectivity index (χ1) is 9.29. The molecule has 100 valence electrons. The number of oxazole rings is 1. The second-order valence-corrected chi connectivity index (χ2v) is 4.78. The van der Waals surface area contributed by atoms with Crippen molar-refractivity contribution in [2.24, 2.45) is 0 Å². The van der Waals surface area contributed by atoms with Crippen LogP contribution in [0.2, 0.25) is 0 Å². The molecule has 0 spiro atoms. The summed E-state index contributed by atoms with van der Waals surface area (Å²) in [5, 5.41) is 2.72. The standard InChI is InChI=1S/C14H17N3O2/c1-15-13(18)11-7-4-5-9-17(11)14-16-10-6-2-3-8-12(10)19-14/h2-3,6,8,11H,4-5,7,9H2,1H3,(H,15,18). The maximum atomic E-state index is 11.9. The van der Waals surface area contributed by atoms with Gasteiger partial charge in [0.25, 0.3) is 6.01 Å². The van der Waals surface area contributed by atoms with Gasteiger partial charge < -0.3 is 14.6 Å². The minimum Gasteiger partial charge on any atom is -0.423 e. The van der Waals surface area contributed by atoms with Gasteiger partial charge in [-0.1, -0.05) is 12.1 Å². The van der Waals surface area contributed by atoms with E-state index in [4.69, 9.17) is 4.42 Å². The van der Waals surface area contributed by atoms with E-state index in [9.17, 15) is 4.79 Å². The summed E-state index contributed by atoms with van der Waals surface area (Å²) in [4.78, 5) is 18.4. The van der Waals surface area contributed by atoms with Crippen molar-refractivity contribution in [2.75, 3.05) is 18.5 Å². The van der Waals surface area contributed by atoms with E-state index >= 15 is 0 Å². The average Bonchev–Trinajstić information content (AvgIpc) is 2.90. The average molecular weight is 259 g/mol. The van der Waals surface area contributed by atoms with E-state index in [2.05, 4.69) is 10.3 Å². The van der Waals surface area contributed by atoms with Crippen LogP contribution in [0.5, 0.6) is 0 Å². The number of hydrogen-bond acceptors (Lipinski definition) is 4. The molecule has 1 fully saturated rings. The highest BCUT2D eigenvalue weighted by molar-refractivity contribution is 5.85. The van der Waals surface area contributed by atoms with Gasteiger partial charge in [-0.15, -0.1) is 0 Å². The Morgan fingerprint density at radius 1 is 1.42 bits per heavy atom. The number of nitrogens with zero attached hydrogens (tertiary/aromatic N) is 2. The summed E-state index contributed by atoms with van der Waals surface area (Å²) < 4.78 is 5.77. The third-order valence-electron chi connectivity index (χ3n) is 3.58. The van der Waals surface area contributed by atoms with Gasteiger partial charge in [-0.3, -0.25) is 4.79 Å². The normalized spacial score (nSPS) is 19.6. The third kappa shape index (κ3) is 2.16. The number of carbonyl (C=O) groups is 1. The second kappa shape index (κ2) is 4.91. The van der Waals surface area contributed by atoms with Crippen LogP contribution in [0.3, 0.4) is 0 Å². The highest BCUT2D eigenvalue weighted by Crippen LogP contribution is 2.27. The number of nitrogens with one attached hydrogen (secondary N) is 1. The molecule has 3 rings (SSSR count). The molecular formula is C14H17N3O2. The molecule has 1 N–H and O–H groups in total. The number of amides is 1. The van der Waals surface area contributed by atoms with Crippen LogP contribution in [-0.2, 0) is 4.79 Å². The molecule has 1 aliphatic rings. The number of anilines is 1. The van der Waals surface area contributed by atoms with E-state index < -0.39 is 0 Å². The first kappa shape index (κ1) is 12.0. The first-order valence-corrected chi connectivity index (χ1v) is 6.63. The topological polar surface area (TPSA) is 58.4 Å². The molecule has 5 heteroatoms. The van der Waals surface area contributed by atoms with Crippen LogP contribution in [0, 0.1) is 0 Å². The number of piperidine rings is 1. The molecule has 1 aliphatic heterocycles. The lowest BCUT2D eigenvalue weighted by Gasteiger charge is -2.32. The van der Waals surface area contributed by atoms with E-state index in [1.807, 2.05) is 29.2 Å². The number of benzene rings is 1. The lowest BCUT2D eigenvalue weighted by atomic mass is 10.0. The number of likely N-dealkylation sites (N-methyl/N-ethyl adjacent to an activating group) is 1. The van der Waals surface area contributed by atoms with E-state index in [0.29, 0.717) is 6.01 Å². The van der Waals surface area contributed by atoms with Gasteiger partial charge in [-0.2, -0.15) is 4.98 Å². The van der Waals surface area contributed by atoms with Gasteiger partial charge in [-0.25, -0.2) is 0 Å². The van der Waals surface area contributed by atoms with Crippen LogP contribution in [0.4, 0.5) is 6.01 Å². The third-order valence-corrected chi connectivity index (χ3v) is 3.58. The van der Waals surface area contributed by atoms with Crippen molar-refractivity contribution in [1.29, 1.82) is 0 Å². The SMILES string of the molecule is CNC(=O)C1CCCCN1c1nc2ccccc2o1. The van der Waals surface area contributed by atoms with Gasteiger partial charge in [0, 0.05) is 13.6 Å². The summed E-state index contributed by atoms with van der Waals surface area (Å²) in [7, 11) is 1.67. The fourth-order valence-corrected chi connectivity index (χ4v) is 2.58. The van der Waals surface area contributed by atoms with Crippen molar-refractivity contribution in [3.05, 3.63) is 24.3 Å². The number of carbonyl (C=O) groups excluding carboxylic acids is 1.